The van der Waals surface area contributed by atoms with Crippen molar-refractivity contribution in [2.24, 2.45) is 10.8 Å². The zero-order chi connectivity index (χ0) is 14.4. The molecular formula is C15H22N2O2. The highest BCUT2D eigenvalue weighted by Crippen LogP contribution is 2.62. The van der Waals surface area contributed by atoms with E-state index in [4.69, 9.17) is 10.5 Å². The highest BCUT2D eigenvalue weighted by molar-refractivity contribution is 5.96. The van der Waals surface area contributed by atoms with Crippen LogP contribution in [0.2, 0.25) is 0 Å². The van der Waals surface area contributed by atoms with Gasteiger partial charge in [-0.1, -0.05) is 27.7 Å². The van der Waals surface area contributed by atoms with Crippen LogP contribution in [0.3, 0.4) is 0 Å². The third kappa shape index (κ3) is 2.15. The number of nitrogens with two attached hydrogens (primary N) is 1. The van der Waals surface area contributed by atoms with Gasteiger partial charge in [0.15, 0.2) is 0 Å². The third-order valence-corrected chi connectivity index (χ3v) is 4.72. The highest BCUT2D eigenvalue weighted by atomic mass is 16.5. The van der Waals surface area contributed by atoms with Gasteiger partial charge in [-0.25, -0.2) is 0 Å². The lowest BCUT2D eigenvalue weighted by Crippen LogP contribution is -2.29. The Hall–Kier alpha value is -1.71. The number of nitrogens with one attached hydrogen (secondary N) is 1. The Morgan fingerprint density at radius 3 is 2.26 bits per heavy atom. The van der Waals surface area contributed by atoms with E-state index in [0.717, 1.165) is 0 Å². The molecule has 1 aliphatic carbocycles. The van der Waals surface area contributed by atoms with Gasteiger partial charge in [0.2, 0.25) is 0 Å². The van der Waals surface area contributed by atoms with Crippen molar-refractivity contribution in [2.45, 2.75) is 33.7 Å². The summed E-state index contributed by atoms with van der Waals surface area (Å²) < 4.78 is 5.13. The molecule has 104 valence electrons. The SMILES string of the molecule is COc1cc(N)cc(C(=O)NC2C(C)(C)C2(C)C)c1. The fourth-order valence-electron chi connectivity index (χ4n) is 2.64. The van der Waals surface area contributed by atoms with E-state index >= 15 is 0 Å². The zero-order valence-corrected chi connectivity index (χ0v) is 12.2. The van der Waals surface area contributed by atoms with Gasteiger partial charge in [-0.3, -0.25) is 4.79 Å². The first-order valence-corrected chi connectivity index (χ1v) is 6.45. The van der Waals surface area contributed by atoms with E-state index in [1.54, 1.807) is 25.3 Å². The minimum Gasteiger partial charge on any atom is -0.497 e. The average molecular weight is 262 g/mol. The Kier molecular flexibility index (Phi) is 3.00. The monoisotopic (exact) mass is 262 g/mol. The van der Waals surface area contributed by atoms with Gasteiger partial charge >= 0.3 is 0 Å². The second-order valence-electron chi connectivity index (χ2n) is 6.34. The lowest BCUT2D eigenvalue weighted by atomic mass is 10.0. The number of carbonyl (C=O) groups excluding carboxylic acids is 1. The van der Waals surface area contributed by atoms with Gasteiger partial charge in [-0.15, -0.1) is 0 Å². The van der Waals surface area contributed by atoms with Crippen molar-refractivity contribution < 1.29 is 9.53 Å². The quantitative estimate of drug-likeness (QED) is 0.822. The molecule has 0 aromatic heterocycles. The summed E-state index contributed by atoms with van der Waals surface area (Å²) >= 11 is 0. The first-order valence-electron chi connectivity index (χ1n) is 6.45. The summed E-state index contributed by atoms with van der Waals surface area (Å²) in [5.74, 6) is 0.494. The van der Waals surface area contributed by atoms with Gasteiger partial charge in [-0.05, 0) is 23.0 Å². The molecule has 1 fully saturated rings. The smallest absolute Gasteiger partial charge is 0.251 e. The molecule has 4 heteroatoms. The number of ether oxygens (including phenoxy) is 1. The summed E-state index contributed by atoms with van der Waals surface area (Å²) in [5, 5.41) is 3.08. The van der Waals surface area contributed by atoms with E-state index in [1.165, 1.54) is 0 Å². The van der Waals surface area contributed by atoms with Gasteiger partial charge in [0.1, 0.15) is 5.75 Å². The topological polar surface area (TPSA) is 64.3 Å². The molecule has 2 rings (SSSR count). The number of benzene rings is 1. The number of methoxy groups -OCH3 is 1. The molecule has 4 nitrogen and oxygen atoms in total. The summed E-state index contributed by atoms with van der Waals surface area (Å²) in [4.78, 5) is 12.3. The van der Waals surface area contributed by atoms with Gasteiger partial charge in [0, 0.05) is 23.4 Å². The van der Waals surface area contributed by atoms with Gasteiger partial charge in [0.05, 0.1) is 7.11 Å². The molecule has 0 aliphatic heterocycles. The largest absolute Gasteiger partial charge is 0.497 e. The van der Waals surface area contributed by atoms with E-state index < -0.39 is 0 Å². The van der Waals surface area contributed by atoms with Crippen LogP contribution in [0.15, 0.2) is 18.2 Å². The molecule has 0 bridgehead atoms. The summed E-state index contributed by atoms with van der Waals surface area (Å²) in [6, 6.07) is 5.25. The second kappa shape index (κ2) is 4.15. The number of nitrogen functional groups attached to an aromatic ring is 1. The number of amides is 1. The zero-order valence-electron chi connectivity index (χ0n) is 12.2. The lowest BCUT2D eigenvalue weighted by molar-refractivity contribution is 0.0943. The molecule has 0 unspecified atom stereocenters. The van der Waals surface area contributed by atoms with Crippen molar-refractivity contribution >= 4 is 11.6 Å². The van der Waals surface area contributed by atoms with E-state index in [1.807, 2.05) is 0 Å². The average Bonchev–Trinajstić information content (AvgIpc) is 2.70. The van der Waals surface area contributed by atoms with E-state index in [0.29, 0.717) is 17.0 Å². The predicted molar refractivity (Wildman–Crippen MR) is 76.2 cm³/mol. The van der Waals surface area contributed by atoms with Crippen LogP contribution in [0, 0.1) is 10.8 Å². The Balaban J connectivity index is 2.16. The standard InChI is InChI=1S/C15H22N2O2/c1-14(2)13(15(14,3)4)17-12(18)9-6-10(16)8-11(7-9)19-5/h6-8,13H,16H2,1-5H3,(H,17,18). The van der Waals surface area contributed by atoms with Crippen LogP contribution in [0.1, 0.15) is 38.1 Å². The third-order valence-electron chi connectivity index (χ3n) is 4.72. The van der Waals surface area contributed by atoms with Crippen molar-refractivity contribution in [1.82, 2.24) is 5.32 Å². The summed E-state index contributed by atoms with van der Waals surface area (Å²) in [5.41, 5.74) is 7.07. The Bertz CT molecular complexity index is 507. The Labute approximate surface area is 114 Å². The molecule has 1 amide bonds. The first-order chi connectivity index (χ1) is 8.70. The van der Waals surface area contributed by atoms with Crippen LogP contribution >= 0.6 is 0 Å². The van der Waals surface area contributed by atoms with Crippen LogP contribution in [-0.4, -0.2) is 19.1 Å². The van der Waals surface area contributed by atoms with Crippen molar-refractivity contribution in [2.75, 3.05) is 12.8 Å². The van der Waals surface area contributed by atoms with Crippen LogP contribution in [-0.2, 0) is 0 Å². The fourth-order valence-corrected chi connectivity index (χ4v) is 2.64. The van der Waals surface area contributed by atoms with Crippen LogP contribution < -0.4 is 15.8 Å². The van der Waals surface area contributed by atoms with Crippen molar-refractivity contribution in [1.29, 1.82) is 0 Å². The summed E-state index contributed by atoms with van der Waals surface area (Å²) in [6.07, 6.45) is 0. The van der Waals surface area contributed by atoms with Crippen molar-refractivity contribution in [3.05, 3.63) is 23.8 Å². The van der Waals surface area contributed by atoms with E-state index in [-0.39, 0.29) is 22.8 Å². The maximum absolute atomic E-state index is 12.3. The number of hydrogen-bond donors (Lipinski definition) is 2. The molecule has 1 aliphatic rings. The van der Waals surface area contributed by atoms with Gasteiger partial charge in [-0.2, -0.15) is 0 Å². The summed E-state index contributed by atoms with van der Waals surface area (Å²) in [6.45, 7) is 8.66. The molecule has 0 spiro atoms. The molecule has 0 saturated heterocycles. The molecule has 1 aromatic rings. The summed E-state index contributed by atoms with van der Waals surface area (Å²) in [7, 11) is 1.56. The van der Waals surface area contributed by atoms with E-state index in [9.17, 15) is 4.79 Å². The highest BCUT2D eigenvalue weighted by Gasteiger charge is 2.65. The van der Waals surface area contributed by atoms with Gasteiger partial charge in [0.25, 0.3) is 5.91 Å². The number of hydrogen-bond acceptors (Lipinski definition) is 3. The molecule has 0 heterocycles. The second-order valence-corrected chi connectivity index (χ2v) is 6.34. The number of carbonyl (C=O) groups is 1. The Morgan fingerprint density at radius 1 is 1.21 bits per heavy atom. The molecule has 1 saturated carbocycles. The van der Waals surface area contributed by atoms with Crippen LogP contribution in [0.25, 0.3) is 0 Å². The van der Waals surface area contributed by atoms with E-state index in [2.05, 4.69) is 33.0 Å². The normalized spacial score (nSPS) is 19.8. The number of rotatable bonds is 3. The molecule has 0 radical (unpaired) electrons. The minimum atomic E-state index is -0.103. The minimum absolute atomic E-state index is 0.103. The molecule has 3 N–H and O–H groups in total. The lowest BCUT2D eigenvalue weighted by Gasteiger charge is -2.09. The maximum Gasteiger partial charge on any atom is 0.251 e. The van der Waals surface area contributed by atoms with Gasteiger partial charge < -0.3 is 15.8 Å². The van der Waals surface area contributed by atoms with Crippen LogP contribution in [0.4, 0.5) is 5.69 Å². The molecule has 0 atom stereocenters. The molecular weight excluding hydrogens is 240 g/mol. The first kappa shape index (κ1) is 13.7. The number of anilines is 1. The molecule has 1 aromatic carbocycles. The predicted octanol–water partition coefficient (Wildman–Crippen LogP) is 2.44. The van der Waals surface area contributed by atoms with Crippen molar-refractivity contribution in [3.63, 3.8) is 0 Å². The Morgan fingerprint density at radius 2 is 1.79 bits per heavy atom. The maximum atomic E-state index is 12.3. The van der Waals surface area contributed by atoms with Crippen molar-refractivity contribution in [3.8, 4) is 5.75 Å². The fraction of sp³-hybridized carbons (Fsp3) is 0.533. The van der Waals surface area contributed by atoms with Crippen LogP contribution in [0.5, 0.6) is 5.75 Å². The molecule has 19 heavy (non-hydrogen) atoms.